The van der Waals surface area contributed by atoms with Gasteiger partial charge in [0.25, 0.3) is 0 Å². The van der Waals surface area contributed by atoms with E-state index in [1.165, 1.54) is 6.26 Å². The molecular weight excluding hydrogens is 230 g/mol. The number of nitrogens with one attached hydrogen (secondary N) is 1. The summed E-state index contributed by atoms with van der Waals surface area (Å²) in [5.41, 5.74) is 0. The standard InChI is InChI=1S/C10H23NO2S2/c1-9(8-15(5,12)13)11-6-7-14-10(2,3)4/h9,11H,6-8H2,1-5H3. The average molecular weight is 253 g/mol. The molecule has 0 saturated carbocycles. The van der Waals surface area contributed by atoms with Crippen LogP contribution in [0.15, 0.2) is 0 Å². The fourth-order valence-electron chi connectivity index (χ4n) is 1.18. The van der Waals surface area contributed by atoms with Crippen LogP contribution >= 0.6 is 11.8 Å². The first kappa shape index (κ1) is 15.3. The van der Waals surface area contributed by atoms with Crippen LogP contribution in [0.2, 0.25) is 0 Å². The topological polar surface area (TPSA) is 46.2 Å². The van der Waals surface area contributed by atoms with Crippen LogP contribution in [0.5, 0.6) is 0 Å². The number of hydrogen-bond donors (Lipinski definition) is 1. The van der Waals surface area contributed by atoms with Gasteiger partial charge in [-0.1, -0.05) is 20.8 Å². The van der Waals surface area contributed by atoms with Crippen molar-refractivity contribution in [3.8, 4) is 0 Å². The number of sulfone groups is 1. The Morgan fingerprint density at radius 2 is 1.87 bits per heavy atom. The van der Waals surface area contributed by atoms with Crippen molar-refractivity contribution in [2.75, 3.05) is 24.3 Å². The van der Waals surface area contributed by atoms with Gasteiger partial charge in [0.15, 0.2) is 0 Å². The van der Waals surface area contributed by atoms with Crippen molar-refractivity contribution in [3.05, 3.63) is 0 Å². The van der Waals surface area contributed by atoms with Crippen LogP contribution in [-0.2, 0) is 9.84 Å². The molecule has 1 atom stereocenters. The molecular formula is C10H23NO2S2. The molecule has 1 unspecified atom stereocenters. The molecule has 1 N–H and O–H groups in total. The highest BCUT2D eigenvalue weighted by Gasteiger charge is 2.12. The van der Waals surface area contributed by atoms with Gasteiger partial charge in [-0.05, 0) is 6.92 Å². The normalized spacial score (nSPS) is 15.3. The summed E-state index contributed by atoms with van der Waals surface area (Å²) in [7, 11) is -2.86. The number of hydrogen-bond acceptors (Lipinski definition) is 4. The van der Waals surface area contributed by atoms with Crippen molar-refractivity contribution in [1.82, 2.24) is 5.32 Å². The zero-order valence-corrected chi connectivity index (χ0v) is 12.0. The molecule has 5 heteroatoms. The Morgan fingerprint density at radius 3 is 2.27 bits per heavy atom. The Balaban J connectivity index is 3.61. The lowest BCUT2D eigenvalue weighted by Crippen LogP contribution is -2.34. The lowest BCUT2D eigenvalue weighted by atomic mass is 10.3. The van der Waals surface area contributed by atoms with Gasteiger partial charge < -0.3 is 5.32 Å². The summed E-state index contributed by atoms with van der Waals surface area (Å²) in [5.74, 6) is 1.23. The molecule has 0 aliphatic carbocycles. The molecule has 0 heterocycles. The predicted molar refractivity (Wildman–Crippen MR) is 69.4 cm³/mol. The smallest absolute Gasteiger partial charge is 0.148 e. The lowest BCUT2D eigenvalue weighted by molar-refractivity contribution is 0.571. The number of thioether (sulfide) groups is 1. The van der Waals surface area contributed by atoms with Gasteiger partial charge in [0.2, 0.25) is 0 Å². The van der Waals surface area contributed by atoms with Crippen molar-refractivity contribution in [3.63, 3.8) is 0 Å². The largest absolute Gasteiger partial charge is 0.312 e. The molecule has 0 aromatic carbocycles. The van der Waals surface area contributed by atoms with E-state index in [1.54, 1.807) is 0 Å². The van der Waals surface area contributed by atoms with Gasteiger partial charge >= 0.3 is 0 Å². The summed E-state index contributed by atoms with van der Waals surface area (Å²) in [4.78, 5) is 0. The van der Waals surface area contributed by atoms with E-state index < -0.39 is 9.84 Å². The maximum Gasteiger partial charge on any atom is 0.148 e. The van der Waals surface area contributed by atoms with Gasteiger partial charge in [0.05, 0.1) is 5.75 Å². The highest BCUT2D eigenvalue weighted by molar-refractivity contribution is 8.00. The molecule has 92 valence electrons. The first-order valence-corrected chi connectivity index (χ1v) is 8.20. The molecule has 0 radical (unpaired) electrons. The Kier molecular flexibility index (Phi) is 6.21. The van der Waals surface area contributed by atoms with Crippen LogP contribution in [-0.4, -0.2) is 43.5 Å². The minimum Gasteiger partial charge on any atom is -0.312 e. The highest BCUT2D eigenvalue weighted by atomic mass is 32.2. The fourth-order valence-corrected chi connectivity index (χ4v) is 3.03. The van der Waals surface area contributed by atoms with E-state index in [-0.39, 0.29) is 16.5 Å². The second-order valence-electron chi connectivity index (χ2n) is 4.91. The summed E-state index contributed by atoms with van der Waals surface area (Å²) in [6, 6.07) is 0.0422. The second-order valence-corrected chi connectivity index (χ2v) is 9.01. The van der Waals surface area contributed by atoms with E-state index in [2.05, 4.69) is 26.1 Å². The van der Waals surface area contributed by atoms with Crippen LogP contribution in [0.3, 0.4) is 0 Å². The second kappa shape index (κ2) is 6.11. The zero-order valence-electron chi connectivity index (χ0n) is 10.3. The molecule has 0 aliphatic rings. The molecule has 15 heavy (non-hydrogen) atoms. The Bertz CT molecular complexity index is 268. The Morgan fingerprint density at radius 1 is 1.33 bits per heavy atom. The average Bonchev–Trinajstić information content (AvgIpc) is 1.92. The van der Waals surface area contributed by atoms with Crippen LogP contribution in [0.4, 0.5) is 0 Å². The van der Waals surface area contributed by atoms with Crippen LogP contribution in [0.25, 0.3) is 0 Å². The van der Waals surface area contributed by atoms with Crippen molar-refractivity contribution >= 4 is 21.6 Å². The minimum atomic E-state index is -2.86. The Hall–Kier alpha value is 0.260. The van der Waals surface area contributed by atoms with Crippen LogP contribution in [0, 0.1) is 0 Å². The van der Waals surface area contributed by atoms with Crippen molar-refractivity contribution in [2.45, 2.75) is 38.5 Å². The van der Waals surface area contributed by atoms with Crippen molar-refractivity contribution in [1.29, 1.82) is 0 Å². The molecule has 0 amide bonds. The van der Waals surface area contributed by atoms with E-state index in [0.29, 0.717) is 0 Å². The molecule has 0 bridgehead atoms. The maximum absolute atomic E-state index is 11.0. The summed E-state index contributed by atoms with van der Waals surface area (Å²) in [5, 5.41) is 3.21. The maximum atomic E-state index is 11.0. The first-order chi connectivity index (χ1) is 6.60. The Labute approximate surface area is 98.3 Å². The highest BCUT2D eigenvalue weighted by Crippen LogP contribution is 2.21. The molecule has 0 spiro atoms. The van der Waals surface area contributed by atoms with Crippen molar-refractivity contribution in [2.24, 2.45) is 0 Å². The quantitative estimate of drug-likeness (QED) is 0.730. The van der Waals surface area contributed by atoms with Crippen LogP contribution in [0.1, 0.15) is 27.7 Å². The summed E-state index contributed by atoms with van der Waals surface area (Å²) in [6.45, 7) is 9.30. The SMILES string of the molecule is CC(CS(C)(=O)=O)NCCSC(C)(C)C. The third-order valence-electron chi connectivity index (χ3n) is 1.68. The first-order valence-electron chi connectivity index (χ1n) is 5.15. The molecule has 0 aliphatic heterocycles. The van der Waals surface area contributed by atoms with E-state index in [9.17, 15) is 8.42 Å². The summed E-state index contributed by atoms with van der Waals surface area (Å²) >= 11 is 1.88. The molecule has 3 nitrogen and oxygen atoms in total. The molecule has 0 rings (SSSR count). The molecule has 0 fully saturated rings. The number of rotatable bonds is 6. The molecule has 0 aromatic heterocycles. The van der Waals surface area contributed by atoms with Gasteiger partial charge in [-0.3, -0.25) is 0 Å². The van der Waals surface area contributed by atoms with E-state index in [0.717, 1.165) is 12.3 Å². The molecule has 0 aromatic rings. The van der Waals surface area contributed by atoms with Crippen molar-refractivity contribution < 1.29 is 8.42 Å². The van der Waals surface area contributed by atoms with Gasteiger partial charge in [0, 0.05) is 29.3 Å². The molecule has 0 saturated heterocycles. The third kappa shape index (κ3) is 12.2. The fraction of sp³-hybridized carbons (Fsp3) is 1.00. The lowest BCUT2D eigenvalue weighted by Gasteiger charge is -2.18. The monoisotopic (exact) mass is 253 g/mol. The van der Waals surface area contributed by atoms with Gasteiger partial charge in [-0.25, -0.2) is 8.42 Å². The summed E-state index contributed by atoms with van der Waals surface area (Å²) in [6.07, 6.45) is 1.27. The van der Waals surface area contributed by atoms with E-state index >= 15 is 0 Å². The third-order valence-corrected chi connectivity index (χ3v) is 4.06. The minimum absolute atomic E-state index is 0.0422. The predicted octanol–water partition coefficient (Wildman–Crippen LogP) is 1.54. The van der Waals surface area contributed by atoms with Crippen LogP contribution < -0.4 is 5.32 Å². The van der Waals surface area contributed by atoms with Gasteiger partial charge in [0.1, 0.15) is 9.84 Å². The summed E-state index contributed by atoms with van der Waals surface area (Å²) < 4.78 is 22.3. The van der Waals surface area contributed by atoms with E-state index in [4.69, 9.17) is 0 Å². The van der Waals surface area contributed by atoms with Gasteiger partial charge in [-0.15, -0.1) is 0 Å². The van der Waals surface area contributed by atoms with Gasteiger partial charge in [-0.2, -0.15) is 11.8 Å². The van der Waals surface area contributed by atoms with E-state index in [1.807, 2.05) is 18.7 Å². The zero-order chi connectivity index (χ0) is 12.1.